The molecule has 1 saturated heterocycles. The number of fused-ring (bicyclic) bond motifs is 1. The molecule has 1 N–H and O–H groups in total. The van der Waals surface area contributed by atoms with Crippen molar-refractivity contribution in [2.24, 2.45) is 7.05 Å². The van der Waals surface area contributed by atoms with E-state index in [2.05, 4.69) is 59.2 Å². The molecule has 3 nitrogen and oxygen atoms in total. The fraction of sp³-hybridized carbons (Fsp3) is 0.556. The molecule has 3 heteroatoms. The number of benzene rings is 1. The second kappa shape index (κ2) is 6.63. The van der Waals surface area contributed by atoms with Gasteiger partial charge in [0.15, 0.2) is 0 Å². The largest absolute Gasteiger partial charge is 0.350 e. The van der Waals surface area contributed by atoms with Crippen LogP contribution in [-0.2, 0) is 13.6 Å². The molecule has 0 bridgehead atoms. The van der Waals surface area contributed by atoms with Gasteiger partial charge in [0.1, 0.15) is 0 Å². The summed E-state index contributed by atoms with van der Waals surface area (Å²) < 4.78 is 2.25. The van der Waals surface area contributed by atoms with Gasteiger partial charge in [0, 0.05) is 43.3 Å². The van der Waals surface area contributed by atoms with E-state index < -0.39 is 0 Å². The Bertz CT molecular complexity index is 581. The first-order valence-electron chi connectivity index (χ1n) is 8.26. The minimum absolute atomic E-state index is 0.687. The second-order valence-electron chi connectivity index (χ2n) is 6.31. The van der Waals surface area contributed by atoms with Crippen molar-refractivity contribution in [2.75, 3.05) is 19.6 Å². The Labute approximate surface area is 127 Å². The molecule has 2 aromatic rings. The topological polar surface area (TPSA) is 20.2 Å². The van der Waals surface area contributed by atoms with Crippen molar-refractivity contribution in [1.82, 2.24) is 14.8 Å². The van der Waals surface area contributed by atoms with Gasteiger partial charge in [0.05, 0.1) is 0 Å². The van der Waals surface area contributed by atoms with Gasteiger partial charge in [-0.3, -0.25) is 4.90 Å². The standard InChI is InChI=1S/C18H27N3/c1-3-11-21(14-16-7-6-10-19-16)13-15-12-20(2)18-9-5-4-8-17(15)18/h4-5,8-9,12,16,19H,3,6-7,10-11,13-14H2,1-2H3. The maximum Gasteiger partial charge on any atom is 0.0481 e. The van der Waals surface area contributed by atoms with Gasteiger partial charge in [-0.1, -0.05) is 25.1 Å². The molecule has 0 saturated carbocycles. The Morgan fingerprint density at radius 3 is 2.95 bits per heavy atom. The van der Waals surface area contributed by atoms with E-state index in [4.69, 9.17) is 0 Å². The highest BCUT2D eigenvalue weighted by Crippen LogP contribution is 2.22. The third kappa shape index (κ3) is 3.30. The van der Waals surface area contributed by atoms with Crippen molar-refractivity contribution in [1.29, 1.82) is 0 Å². The molecule has 114 valence electrons. The third-order valence-electron chi connectivity index (χ3n) is 4.55. The molecule has 0 aliphatic carbocycles. The van der Waals surface area contributed by atoms with Gasteiger partial charge >= 0.3 is 0 Å². The normalized spacial score (nSPS) is 18.9. The van der Waals surface area contributed by atoms with Crippen LogP contribution in [-0.4, -0.2) is 35.1 Å². The van der Waals surface area contributed by atoms with Crippen molar-refractivity contribution in [3.05, 3.63) is 36.0 Å². The molecule has 1 fully saturated rings. The lowest BCUT2D eigenvalue weighted by molar-refractivity contribution is 0.242. The second-order valence-corrected chi connectivity index (χ2v) is 6.31. The maximum absolute atomic E-state index is 3.63. The summed E-state index contributed by atoms with van der Waals surface area (Å²) in [6.45, 7) is 6.89. The predicted octanol–water partition coefficient (Wildman–Crippen LogP) is 3.14. The Hall–Kier alpha value is -1.32. The molecule has 0 amide bonds. The fourth-order valence-electron chi connectivity index (χ4n) is 3.57. The summed E-state index contributed by atoms with van der Waals surface area (Å²) in [5.41, 5.74) is 2.79. The molecule has 1 aromatic heterocycles. The highest BCUT2D eigenvalue weighted by Gasteiger charge is 2.18. The molecule has 1 aliphatic heterocycles. The van der Waals surface area contributed by atoms with Crippen molar-refractivity contribution < 1.29 is 0 Å². The number of aromatic nitrogens is 1. The molecular formula is C18H27N3. The van der Waals surface area contributed by atoms with Crippen LogP contribution in [0.15, 0.2) is 30.5 Å². The average molecular weight is 285 g/mol. The lowest BCUT2D eigenvalue weighted by Gasteiger charge is -2.25. The molecule has 1 aliphatic rings. The van der Waals surface area contributed by atoms with E-state index >= 15 is 0 Å². The van der Waals surface area contributed by atoms with Gasteiger partial charge in [0.2, 0.25) is 0 Å². The first-order valence-corrected chi connectivity index (χ1v) is 8.26. The number of rotatable bonds is 6. The summed E-state index contributed by atoms with van der Waals surface area (Å²) in [5.74, 6) is 0. The highest BCUT2D eigenvalue weighted by atomic mass is 15.2. The van der Waals surface area contributed by atoms with Gasteiger partial charge in [0.25, 0.3) is 0 Å². The van der Waals surface area contributed by atoms with Crippen LogP contribution in [0.25, 0.3) is 10.9 Å². The van der Waals surface area contributed by atoms with E-state index in [0.717, 1.165) is 6.54 Å². The molecule has 1 aromatic carbocycles. The minimum atomic E-state index is 0.687. The van der Waals surface area contributed by atoms with Crippen LogP contribution >= 0.6 is 0 Å². The van der Waals surface area contributed by atoms with Gasteiger partial charge in [-0.15, -0.1) is 0 Å². The highest BCUT2D eigenvalue weighted by molar-refractivity contribution is 5.83. The van der Waals surface area contributed by atoms with Crippen LogP contribution in [0.3, 0.4) is 0 Å². The number of aryl methyl sites for hydroxylation is 1. The molecule has 2 heterocycles. The third-order valence-corrected chi connectivity index (χ3v) is 4.55. The molecule has 21 heavy (non-hydrogen) atoms. The van der Waals surface area contributed by atoms with E-state index in [1.54, 1.807) is 0 Å². The van der Waals surface area contributed by atoms with Crippen LogP contribution in [0.2, 0.25) is 0 Å². The minimum Gasteiger partial charge on any atom is -0.350 e. The number of hydrogen-bond donors (Lipinski definition) is 1. The molecular weight excluding hydrogens is 258 g/mol. The van der Waals surface area contributed by atoms with Gasteiger partial charge in [-0.2, -0.15) is 0 Å². The first kappa shape index (κ1) is 14.6. The van der Waals surface area contributed by atoms with Crippen LogP contribution in [0.4, 0.5) is 0 Å². The van der Waals surface area contributed by atoms with Crippen LogP contribution < -0.4 is 5.32 Å². The van der Waals surface area contributed by atoms with E-state index in [1.165, 1.54) is 55.4 Å². The Morgan fingerprint density at radius 2 is 2.19 bits per heavy atom. The smallest absolute Gasteiger partial charge is 0.0481 e. The van der Waals surface area contributed by atoms with Crippen LogP contribution in [0.5, 0.6) is 0 Å². The summed E-state index contributed by atoms with van der Waals surface area (Å²) in [4.78, 5) is 2.62. The Morgan fingerprint density at radius 1 is 1.33 bits per heavy atom. The number of para-hydroxylation sites is 1. The summed E-state index contributed by atoms with van der Waals surface area (Å²) in [7, 11) is 2.15. The van der Waals surface area contributed by atoms with Crippen molar-refractivity contribution >= 4 is 10.9 Å². The van der Waals surface area contributed by atoms with Gasteiger partial charge < -0.3 is 9.88 Å². The zero-order valence-electron chi connectivity index (χ0n) is 13.3. The Kier molecular flexibility index (Phi) is 4.61. The summed E-state index contributed by atoms with van der Waals surface area (Å²) in [6.07, 6.45) is 6.18. The lowest BCUT2D eigenvalue weighted by atomic mass is 10.1. The SMILES string of the molecule is CCCN(Cc1cn(C)c2ccccc12)CC1CCCN1. The van der Waals surface area contributed by atoms with Gasteiger partial charge in [-0.05, 0) is 44.0 Å². The first-order chi connectivity index (χ1) is 10.3. The summed E-state index contributed by atoms with van der Waals surface area (Å²) >= 11 is 0. The van der Waals surface area contributed by atoms with E-state index in [-0.39, 0.29) is 0 Å². The molecule has 1 atom stereocenters. The summed E-state index contributed by atoms with van der Waals surface area (Å²) in [6, 6.07) is 9.42. The van der Waals surface area contributed by atoms with E-state index in [0.29, 0.717) is 6.04 Å². The molecule has 3 rings (SSSR count). The molecule has 1 unspecified atom stereocenters. The maximum atomic E-state index is 3.63. The van der Waals surface area contributed by atoms with E-state index in [9.17, 15) is 0 Å². The van der Waals surface area contributed by atoms with Crippen molar-refractivity contribution in [3.8, 4) is 0 Å². The Balaban J connectivity index is 1.77. The quantitative estimate of drug-likeness (QED) is 0.880. The number of nitrogens with zero attached hydrogens (tertiary/aromatic N) is 2. The number of nitrogens with one attached hydrogen (secondary N) is 1. The average Bonchev–Trinajstić information content (AvgIpc) is 3.09. The molecule has 0 spiro atoms. The molecule has 0 radical (unpaired) electrons. The number of hydrogen-bond acceptors (Lipinski definition) is 2. The van der Waals surface area contributed by atoms with E-state index in [1.807, 2.05) is 0 Å². The zero-order valence-corrected chi connectivity index (χ0v) is 13.3. The predicted molar refractivity (Wildman–Crippen MR) is 89.5 cm³/mol. The lowest BCUT2D eigenvalue weighted by Crippen LogP contribution is -2.37. The van der Waals surface area contributed by atoms with Gasteiger partial charge in [-0.25, -0.2) is 0 Å². The summed E-state index contributed by atoms with van der Waals surface area (Å²) in [5, 5.41) is 5.03. The fourth-order valence-corrected chi connectivity index (χ4v) is 3.57. The van der Waals surface area contributed by atoms with Crippen LogP contribution in [0, 0.1) is 0 Å². The van der Waals surface area contributed by atoms with Crippen molar-refractivity contribution in [2.45, 2.75) is 38.8 Å². The monoisotopic (exact) mass is 285 g/mol. The van der Waals surface area contributed by atoms with Crippen LogP contribution in [0.1, 0.15) is 31.7 Å². The zero-order chi connectivity index (χ0) is 14.7. The van der Waals surface area contributed by atoms with Crippen molar-refractivity contribution in [3.63, 3.8) is 0 Å².